The van der Waals surface area contributed by atoms with Crippen LogP contribution in [-0.2, 0) is 4.79 Å². The van der Waals surface area contributed by atoms with Crippen LogP contribution in [0.25, 0.3) is 0 Å². The van der Waals surface area contributed by atoms with Crippen LogP contribution >= 0.6 is 0 Å². The predicted molar refractivity (Wildman–Crippen MR) is 105 cm³/mol. The number of benzene rings is 2. The summed E-state index contributed by atoms with van der Waals surface area (Å²) < 4.78 is 0. The van der Waals surface area contributed by atoms with Gasteiger partial charge in [-0.05, 0) is 24.6 Å². The molecule has 2 aromatic rings. The molecule has 1 fully saturated rings. The Bertz CT molecular complexity index is 772. The molecule has 0 aliphatic carbocycles. The monoisotopic (exact) mass is 368 g/mol. The van der Waals surface area contributed by atoms with Crippen LogP contribution < -0.4 is 10.2 Å². The summed E-state index contributed by atoms with van der Waals surface area (Å²) in [5, 5.41) is 13.8. The molecule has 0 spiro atoms. The van der Waals surface area contributed by atoms with Crippen LogP contribution in [-0.4, -0.2) is 48.5 Å². The second-order valence-corrected chi connectivity index (χ2v) is 6.74. The van der Waals surface area contributed by atoms with Gasteiger partial charge in [0.25, 0.3) is 5.69 Å². The van der Waals surface area contributed by atoms with E-state index in [1.54, 1.807) is 12.1 Å². The maximum atomic E-state index is 12.3. The van der Waals surface area contributed by atoms with Gasteiger partial charge in [-0.3, -0.25) is 19.8 Å². The lowest BCUT2D eigenvalue weighted by Crippen LogP contribution is -2.49. The number of hydrogen-bond acceptors (Lipinski definition) is 5. The molecule has 2 aromatic carbocycles. The maximum Gasteiger partial charge on any atom is 0.269 e. The average Bonchev–Trinajstić information content (AvgIpc) is 2.69. The minimum Gasteiger partial charge on any atom is -0.369 e. The third-order valence-corrected chi connectivity index (χ3v) is 4.84. The number of nitrogens with one attached hydrogen (secondary N) is 1. The van der Waals surface area contributed by atoms with E-state index in [0.29, 0.717) is 6.54 Å². The summed E-state index contributed by atoms with van der Waals surface area (Å²) in [6, 6.07) is 16.5. The third-order valence-electron chi connectivity index (χ3n) is 4.84. The summed E-state index contributed by atoms with van der Waals surface area (Å²) >= 11 is 0. The molecule has 1 aliphatic rings. The van der Waals surface area contributed by atoms with Crippen molar-refractivity contribution < 1.29 is 9.72 Å². The molecule has 27 heavy (non-hydrogen) atoms. The van der Waals surface area contributed by atoms with Crippen molar-refractivity contribution in [1.29, 1.82) is 0 Å². The van der Waals surface area contributed by atoms with Gasteiger partial charge in [0.1, 0.15) is 0 Å². The summed E-state index contributed by atoms with van der Waals surface area (Å²) in [6.45, 7) is 5.51. The summed E-state index contributed by atoms with van der Waals surface area (Å²) in [5.41, 5.74) is 2.16. The van der Waals surface area contributed by atoms with E-state index in [1.807, 2.05) is 37.3 Å². The topological polar surface area (TPSA) is 78.7 Å². The normalized spacial score (nSPS) is 16.0. The number of anilines is 1. The molecule has 0 bridgehead atoms. The molecule has 1 aliphatic heterocycles. The third kappa shape index (κ3) is 5.04. The van der Waals surface area contributed by atoms with Gasteiger partial charge in [0.2, 0.25) is 5.91 Å². The Kier molecular flexibility index (Phi) is 6.03. The molecule has 1 saturated heterocycles. The first-order valence-electron chi connectivity index (χ1n) is 9.09. The van der Waals surface area contributed by atoms with E-state index in [-0.39, 0.29) is 17.6 Å². The Morgan fingerprint density at radius 2 is 1.70 bits per heavy atom. The van der Waals surface area contributed by atoms with Crippen LogP contribution in [0, 0.1) is 10.1 Å². The van der Waals surface area contributed by atoms with Crippen molar-refractivity contribution in [3.63, 3.8) is 0 Å². The number of non-ortho nitro benzene ring substituents is 1. The van der Waals surface area contributed by atoms with Crippen molar-refractivity contribution in [3.05, 3.63) is 70.3 Å². The standard InChI is InChI=1S/C20H24N4O3/c1-16(17-5-3-2-4-6-17)21-20(25)15-22-11-13-23(14-12-22)18-7-9-19(10-8-18)24(26)27/h2-10,16H,11-15H2,1H3,(H,21,25)/t16-/m0/s1. The van der Waals surface area contributed by atoms with Gasteiger partial charge in [-0.25, -0.2) is 0 Å². The van der Waals surface area contributed by atoms with Crippen molar-refractivity contribution in [1.82, 2.24) is 10.2 Å². The van der Waals surface area contributed by atoms with Crippen molar-refractivity contribution in [3.8, 4) is 0 Å². The molecular weight excluding hydrogens is 344 g/mol. The van der Waals surface area contributed by atoms with E-state index in [0.717, 1.165) is 37.4 Å². The zero-order valence-corrected chi connectivity index (χ0v) is 15.4. The lowest BCUT2D eigenvalue weighted by molar-refractivity contribution is -0.384. The highest BCUT2D eigenvalue weighted by Crippen LogP contribution is 2.20. The van der Waals surface area contributed by atoms with Gasteiger partial charge in [0, 0.05) is 44.0 Å². The van der Waals surface area contributed by atoms with Gasteiger partial charge >= 0.3 is 0 Å². The Labute approximate surface area is 158 Å². The minimum absolute atomic E-state index is 0.0138. The van der Waals surface area contributed by atoms with E-state index in [9.17, 15) is 14.9 Å². The van der Waals surface area contributed by atoms with Crippen LogP contribution in [0.2, 0.25) is 0 Å². The number of nitro groups is 1. The smallest absolute Gasteiger partial charge is 0.269 e. The lowest BCUT2D eigenvalue weighted by atomic mass is 10.1. The molecule has 3 rings (SSSR count). The van der Waals surface area contributed by atoms with Crippen LogP contribution in [0.1, 0.15) is 18.5 Å². The van der Waals surface area contributed by atoms with Crippen LogP contribution in [0.15, 0.2) is 54.6 Å². The summed E-state index contributed by atoms with van der Waals surface area (Å²) in [6.07, 6.45) is 0. The minimum atomic E-state index is -0.392. The molecule has 1 amide bonds. The summed E-state index contributed by atoms with van der Waals surface area (Å²) in [5.74, 6) is 0.0233. The van der Waals surface area contributed by atoms with Crippen molar-refractivity contribution in [2.45, 2.75) is 13.0 Å². The van der Waals surface area contributed by atoms with Gasteiger partial charge in [-0.1, -0.05) is 30.3 Å². The van der Waals surface area contributed by atoms with Crippen molar-refractivity contribution in [2.24, 2.45) is 0 Å². The highest BCUT2D eigenvalue weighted by atomic mass is 16.6. The number of nitrogens with zero attached hydrogens (tertiary/aromatic N) is 3. The Hall–Kier alpha value is -2.93. The zero-order chi connectivity index (χ0) is 19.2. The quantitative estimate of drug-likeness (QED) is 0.626. The molecule has 0 saturated carbocycles. The number of amides is 1. The van der Waals surface area contributed by atoms with Crippen LogP contribution in [0.3, 0.4) is 0 Å². The first-order chi connectivity index (χ1) is 13.0. The zero-order valence-electron chi connectivity index (χ0n) is 15.4. The van der Waals surface area contributed by atoms with Crippen molar-refractivity contribution in [2.75, 3.05) is 37.6 Å². The van der Waals surface area contributed by atoms with Gasteiger partial charge < -0.3 is 10.2 Å². The van der Waals surface area contributed by atoms with Crippen LogP contribution in [0.4, 0.5) is 11.4 Å². The van der Waals surface area contributed by atoms with E-state index in [2.05, 4.69) is 15.1 Å². The summed E-state index contributed by atoms with van der Waals surface area (Å²) in [4.78, 5) is 27.0. The number of nitro benzene ring substituents is 1. The Morgan fingerprint density at radius 1 is 1.07 bits per heavy atom. The fourth-order valence-corrected chi connectivity index (χ4v) is 3.26. The number of piperazine rings is 1. The van der Waals surface area contributed by atoms with Gasteiger partial charge in [-0.2, -0.15) is 0 Å². The van der Waals surface area contributed by atoms with E-state index in [4.69, 9.17) is 0 Å². The highest BCUT2D eigenvalue weighted by molar-refractivity contribution is 5.78. The van der Waals surface area contributed by atoms with Crippen molar-refractivity contribution >= 4 is 17.3 Å². The number of carbonyl (C=O) groups excluding carboxylic acids is 1. The molecule has 0 aromatic heterocycles. The fourth-order valence-electron chi connectivity index (χ4n) is 3.26. The predicted octanol–water partition coefficient (Wildman–Crippen LogP) is 2.59. The maximum absolute atomic E-state index is 12.3. The fraction of sp³-hybridized carbons (Fsp3) is 0.350. The second-order valence-electron chi connectivity index (χ2n) is 6.74. The molecule has 1 heterocycles. The molecule has 7 nitrogen and oxygen atoms in total. The number of carbonyl (C=O) groups is 1. The largest absolute Gasteiger partial charge is 0.369 e. The highest BCUT2D eigenvalue weighted by Gasteiger charge is 2.20. The van der Waals surface area contributed by atoms with Gasteiger partial charge in [0.15, 0.2) is 0 Å². The molecular formula is C20H24N4O3. The first kappa shape index (κ1) is 18.8. The van der Waals surface area contributed by atoms with E-state index in [1.165, 1.54) is 12.1 Å². The first-order valence-corrected chi connectivity index (χ1v) is 9.09. The molecule has 0 unspecified atom stereocenters. The summed E-state index contributed by atoms with van der Waals surface area (Å²) in [7, 11) is 0. The average molecular weight is 368 g/mol. The molecule has 142 valence electrons. The van der Waals surface area contributed by atoms with Crippen LogP contribution in [0.5, 0.6) is 0 Å². The molecule has 0 radical (unpaired) electrons. The lowest BCUT2D eigenvalue weighted by Gasteiger charge is -2.35. The Morgan fingerprint density at radius 3 is 2.30 bits per heavy atom. The molecule has 1 atom stereocenters. The van der Waals surface area contributed by atoms with Gasteiger partial charge in [-0.15, -0.1) is 0 Å². The van der Waals surface area contributed by atoms with E-state index >= 15 is 0 Å². The number of hydrogen-bond donors (Lipinski definition) is 1. The second kappa shape index (κ2) is 8.64. The van der Waals surface area contributed by atoms with E-state index < -0.39 is 4.92 Å². The SMILES string of the molecule is C[C@H](NC(=O)CN1CCN(c2ccc([N+](=O)[O-])cc2)CC1)c1ccccc1. The Balaban J connectivity index is 1.46. The van der Waals surface area contributed by atoms with Gasteiger partial charge in [0.05, 0.1) is 17.5 Å². The molecule has 7 heteroatoms. The number of rotatable bonds is 6. The molecule has 1 N–H and O–H groups in total.